The van der Waals surface area contributed by atoms with Crippen LogP contribution in [0.4, 0.5) is 0 Å². The fourth-order valence-electron chi connectivity index (χ4n) is 1.73. The van der Waals surface area contributed by atoms with Gasteiger partial charge < -0.3 is 9.57 Å². The highest BCUT2D eigenvalue weighted by Crippen LogP contribution is 2.09. The molecule has 0 aromatic carbocycles. The Labute approximate surface area is 115 Å². The number of nitrogens with zero attached hydrogens (tertiary/aromatic N) is 2. The van der Waals surface area contributed by atoms with Crippen LogP contribution in [0, 0.1) is 0 Å². The zero-order chi connectivity index (χ0) is 14.1. The van der Waals surface area contributed by atoms with E-state index in [2.05, 4.69) is 17.5 Å². The fourth-order valence-corrected chi connectivity index (χ4v) is 1.73. The summed E-state index contributed by atoms with van der Waals surface area (Å²) in [5.74, 6) is -0.0658. The van der Waals surface area contributed by atoms with Crippen LogP contribution in [0.25, 0.3) is 0 Å². The highest BCUT2D eigenvalue weighted by Gasteiger charge is 2.26. The minimum absolute atomic E-state index is 0.0658. The molecular formula is C13H25N3O3. The average Bonchev–Trinajstić information content (AvgIpc) is 2.66. The Balaban J connectivity index is 2.59. The maximum Gasteiger partial charge on any atom is 0.280 e. The molecule has 1 fully saturated rings. The Morgan fingerprint density at radius 1 is 1.47 bits per heavy atom. The van der Waals surface area contributed by atoms with Gasteiger partial charge in [0.25, 0.3) is 5.91 Å². The summed E-state index contributed by atoms with van der Waals surface area (Å²) in [4.78, 5) is 17.8. The molecule has 0 aliphatic carbocycles. The summed E-state index contributed by atoms with van der Waals surface area (Å²) in [6.45, 7) is 8.14. The maximum absolute atomic E-state index is 12.4. The topological polar surface area (TPSA) is 63.2 Å². The monoisotopic (exact) mass is 271 g/mol. The second-order valence-electron chi connectivity index (χ2n) is 4.79. The second-order valence-corrected chi connectivity index (χ2v) is 4.79. The van der Waals surface area contributed by atoms with Crippen LogP contribution in [0.1, 0.15) is 40.0 Å². The minimum Gasteiger partial charge on any atom is -0.382 e. The molecule has 1 unspecified atom stereocenters. The molecule has 1 atom stereocenters. The first kappa shape index (κ1) is 15.9. The van der Waals surface area contributed by atoms with Gasteiger partial charge in [0.15, 0.2) is 0 Å². The van der Waals surface area contributed by atoms with Gasteiger partial charge in [-0.3, -0.25) is 9.80 Å². The normalized spacial score (nSPS) is 17.5. The lowest BCUT2D eigenvalue weighted by Gasteiger charge is -2.24. The summed E-state index contributed by atoms with van der Waals surface area (Å²) in [6.07, 6.45) is 2.14. The van der Waals surface area contributed by atoms with Crippen molar-refractivity contribution in [3.8, 4) is 0 Å². The van der Waals surface area contributed by atoms with E-state index in [0.717, 1.165) is 18.6 Å². The standard InChI is InChI=1S/C13H25N3O3/c1-4-5-6-12(19-15-11(2)3)13(17)16-8-10-18-9-7-14-16/h12,14H,4-10H2,1-3H3. The molecule has 19 heavy (non-hydrogen) atoms. The summed E-state index contributed by atoms with van der Waals surface area (Å²) in [5.41, 5.74) is 3.86. The van der Waals surface area contributed by atoms with E-state index in [0.29, 0.717) is 32.7 Å². The molecule has 0 aromatic heterocycles. The first-order valence-electron chi connectivity index (χ1n) is 6.94. The van der Waals surface area contributed by atoms with Gasteiger partial charge in [0.1, 0.15) is 0 Å². The number of oxime groups is 1. The van der Waals surface area contributed by atoms with Gasteiger partial charge in [-0.05, 0) is 26.7 Å². The largest absolute Gasteiger partial charge is 0.382 e. The lowest BCUT2D eigenvalue weighted by atomic mass is 10.1. The van der Waals surface area contributed by atoms with Gasteiger partial charge in [-0.15, -0.1) is 0 Å². The first-order valence-corrected chi connectivity index (χ1v) is 6.94. The van der Waals surface area contributed by atoms with E-state index in [1.165, 1.54) is 0 Å². The van der Waals surface area contributed by atoms with Gasteiger partial charge in [0.05, 0.1) is 25.5 Å². The number of amides is 1. The van der Waals surface area contributed by atoms with Crippen molar-refractivity contribution in [2.45, 2.75) is 46.1 Å². The van der Waals surface area contributed by atoms with E-state index in [4.69, 9.17) is 9.57 Å². The van der Waals surface area contributed by atoms with Crippen LogP contribution in [0.15, 0.2) is 5.16 Å². The molecule has 0 bridgehead atoms. The van der Waals surface area contributed by atoms with Crippen molar-refractivity contribution in [1.82, 2.24) is 10.4 Å². The number of hydrogen-bond acceptors (Lipinski definition) is 5. The molecule has 0 spiro atoms. The third kappa shape index (κ3) is 6.02. The summed E-state index contributed by atoms with van der Waals surface area (Å²) < 4.78 is 5.31. The third-order valence-corrected chi connectivity index (χ3v) is 2.73. The molecule has 6 heteroatoms. The van der Waals surface area contributed by atoms with Crippen LogP contribution in [-0.2, 0) is 14.4 Å². The third-order valence-electron chi connectivity index (χ3n) is 2.73. The summed E-state index contributed by atoms with van der Waals surface area (Å²) in [7, 11) is 0. The number of hydrogen-bond donors (Lipinski definition) is 1. The van der Waals surface area contributed by atoms with Crippen molar-refractivity contribution in [1.29, 1.82) is 0 Å². The summed E-state index contributed by atoms with van der Waals surface area (Å²) >= 11 is 0. The molecule has 1 amide bonds. The predicted molar refractivity (Wildman–Crippen MR) is 73.7 cm³/mol. The molecule has 1 aliphatic rings. The van der Waals surface area contributed by atoms with Crippen molar-refractivity contribution >= 4 is 11.6 Å². The second kappa shape index (κ2) is 8.87. The Hall–Kier alpha value is -1.14. The lowest BCUT2D eigenvalue weighted by molar-refractivity contribution is -0.147. The van der Waals surface area contributed by atoms with Gasteiger partial charge in [0, 0.05) is 6.54 Å². The molecule has 1 saturated heterocycles. The van der Waals surface area contributed by atoms with Gasteiger partial charge in [-0.2, -0.15) is 0 Å². The van der Waals surface area contributed by atoms with E-state index in [1.807, 2.05) is 13.8 Å². The zero-order valence-corrected chi connectivity index (χ0v) is 12.1. The van der Waals surface area contributed by atoms with E-state index in [9.17, 15) is 4.79 Å². The number of rotatable bonds is 6. The van der Waals surface area contributed by atoms with Crippen molar-refractivity contribution < 1.29 is 14.4 Å². The quantitative estimate of drug-likeness (QED) is 0.584. The summed E-state index contributed by atoms with van der Waals surface area (Å²) in [5, 5.41) is 5.52. The van der Waals surface area contributed by atoms with Crippen molar-refractivity contribution in [3.63, 3.8) is 0 Å². The van der Waals surface area contributed by atoms with E-state index in [1.54, 1.807) is 5.01 Å². The van der Waals surface area contributed by atoms with Crippen LogP contribution in [0.3, 0.4) is 0 Å². The fraction of sp³-hybridized carbons (Fsp3) is 0.846. The number of hydrazine groups is 1. The Bertz CT molecular complexity index is 296. The molecule has 1 rings (SSSR count). The molecule has 110 valence electrons. The molecule has 6 nitrogen and oxygen atoms in total. The van der Waals surface area contributed by atoms with Gasteiger partial charge in [-0.25, -0.2) is 5.43 Å². The van der Waals surface area contributed by atoms with E-state index >= 15 is 0 Å². The Morgan fingerprint density at radius 3 is 2.95 bits per heavy atom. The number of carbonyl (C=O) groups excluding carboxylic acids is 1. The van der Waals surface area contributed by atoms with Crippen LogP contribution >= 0.6 is 0 Å². The maximum atomic E-state index is 12.4. The molecule has 1 aliphatic heterocycles. The minimum atomic E-state index is -0.513. The Morgan fingerprint density at radius 2 is 2.26 bits per heavy atom. The SMILES string of the molecule is CCCCC(ON=C(C)C)C(=O)N1CCOCCN1. The molecule has 0 radical (unpaired) electrons. The zero-order valence-electron chi connectivity index (χ0n) is 12.1. The van der Waals surface area contributed by atoms with Crippen molar-refractivity contribution in [2.75, 3.05) is 26.3 Å². The smallest absolute Gasteiger partial charge is 0.280 e. The van der Waals surface area contributed by atoms with E-state index < -0.39 is 6.10 Å². The van der Waals surface area contributed by atoms with Gasteiger partial charge in [0.2, 0.25) is 6.10 Å². The number of ether oxygens (including phenoxy) is 1. The molecule has 0 saturated carbocycles. The van der Waals surface area contributed by atoms with Crippen molar-refractivity contribution in [3.05, 3.63) is 0 Å². The Kier molecular flexibility index (Phi) is 7.43. The summed E-state index contributed by atoms with van der Waals surface area (Å²) in [6, 6.07) is 0. The van der Waals surface area contributed by atoms with Gasteiger partial charge >= 0.3 is 0 Å². The lowest BCUT2D eigenvalue weighted by Crippen LogP contribution is -2.48. The molecule has 1 heterocycles. The first-order chi connectivity index (χ1) is 9.15. The number of unbranched alkanes of at least 4 members (excludes halogenated alkanes) is 1. The number of nitrogens with one attached hydrogen (secondary N) is 1. The van der Waals surface area contributed by atoms with E-state index in [-0.39, 0.29) is 5.91 Å². The highest BCUT2D eigenvalue weighted by atomic mass is 16.6. The molecule has 0 aromatic rings. The van der Waals surface area contributed by atoms with Crippen LogP contribution in [0.5, 0.6) is 0 Å². The average molecular weight is 271 g/mol. The molecule has 1 N–H and O–H groups in total. The van der Waals surface area contributed by atoms with Crippen LogP contribution in [-0.4, -0.2) is 49.0 Å². The highest BCUT2D eigenvalue weighted by molar-refractivity contribution is 5.81. The van der Waals surface area contributed by atoms with Crippen LogP contribution in [0.2, 0.25) is 0 Å². The number of carbonyl (C=O) groups is 1. The molecular weight excluding hydrogens is 246 g/mol. The predicted octanol–water partition coefficient (Wildman–Crippen LogP) is 1.32. The van der Waals surface area contributed by atoms with Crippen LogP contribution < -0.4 is 5.43 Å². The van der Waals surface area contributed by atoms with Gasteiger partial charge in [-0.1, -0.05) is 18.5 Å². The van der Waals surface area contributed by atoms with Crippen molar-refractivity contribution in [2.24, 2.45) is 5.16 Å².